The summed E-state index contributed by atoms with van der Waals surface area (Å²) in [7, 11) is 0. The van der Waals surface area contributed by atoms with Crippen LogP contribution in [0.2, 0.25) is 10.0 Å². The Morgan fingerprint density at radius 1 is 1.19 bits per heavy atom. The summed E-state index contributed by atoms with van der Waals surface area (Å²) in [6.07, 6.45) is -4.47. The molecule has 0 spiro atoms. The third-order valence-electron chi connectivity index (χ3n) is 3.82. The molecular weight excluding hydrogens is 408 g/mol. The zero-order valence-electron chi connectivity index (χ0n) is 13.2. The Morgan fingerprint density at radius 3 is 2.65 bits per heavy atom. The van der Waals surface area contributed by atoms with Crippen LogP contribution in [-0.4, -0.2) is 23.2 Å². The van der Waals surface area contributed by atoms with E-state index in [1.54, 1.807) is 23.1 Å². The molecule has 2 amide bonds. The Hall–Kier alpha value is -1.57. The molecule has 26 heavy (non-hydrogen) atoms. The first-order valence-electron chi connectivity index (χ1n) is 7.57. The van der Waals surface area contributed by atoms with Crippen LogP contribution in [0.3, 0.4) is 0 Å². The highest BCUT2D eigenvalue weighted by molar-refractivity contribution is 7.99. The van der Waals surface area contributed by atoms with Crippen LogP contribution < -0.4 is 5.32 Å². The smallest absolute Gasteiger partial charge is 0.308 e. The third kappa shape index (κ3) is 4.22. The molecule has 3 nitrogen and oxygen atoms in total. The monoisotopic (exact) mass is 420 g/mol. The van der Waals surface area contributed by atoms with Crippen LogP contribution >= 0.6 is 35.0 Å². The molecule has 2 aromatic carbocycles. The van der Waals surface area contributed by atoms with Gasteiger partial charge in [-0.3, -0.25) is 0 Å². The second-order valence-electron chi connectivity index (χ2n) is 5.59. The van der Waals surface area contributed by atoms with Crippen LogP contribution in [0.1, 0.15) is 16.5 Å². The molecule has 0 radical (unpaired) electrons. The van der Waals surface area contributed by atoms with Crippen LogP contribution in [0, 0.1) is 0 Å². The first kappa shape index (κ1) is 19.2. The Morgan fingerprint density at radius 2 is 1.96 bits per heavy atom. The van der Waals surface area contributed by atoms with Gasteiger partial charge in [0.25, 0.3) is 0 Å². The summed E-state index contributed by atoms with van der Waals surface area (Å²) in [5.74, 6) is 0.694. The summed E-state index contributed by atoms with van der Waals surface area (Å²) in [5.41, 5.74) is 0.00355. The zero-order chi connectivity index (χ0) is 18.9. The molecule has 3 rings (SSSR count). The number of alkyl halides is 3. The second-order valence-corrected chi connectivity index (χ2v) is 7.62. The maximum atomic E-state index is 12.8. The van der Waals surface area contributed by atoms with Gasteiger partial charge in [0.2, 0.25) is 0 Å². The quantitative estimate of drug-likeness (QED) is 0.618. The molecule has 0 aliphatic carbocycles. The van der Waals surface area contributed by atoms with E-state index in [0.717, 1.165) is 17.7 Å². The van der Waals surface area contributed by atoms with Crippen LogP contribution in [0.4, 0.5) is 23.7 Å². The number of nitrogens with zero attached hydrogens (tertiary/aromatic N) is 1. The number of carbonyl (C=O) groups is 1. The summed E-state index contributed by atoms with van der Waals surface area (Å²) in [6, 6.07) is 9.09. The van der Waals surface area contributed by atoms with Crippen molar-refractivity contribution in [1.82, 2.24) is 4.90 Å². The molecule has 1 atom stereocenters. The highest BCUT2D eigenvalue weighted by Gasteiger charge is 2.33. The fourth-order valence-corrected chi connectivity index (χ4v) is 4.47. The van der Waals surface area contributed by atoms with E-state index in [2.05, 4.69) is 5.32 Å². The molecule has 0 bridgehead atoms. The van der Waals surface area contributed by atoms with Crippen LogP contribution in [-0.2, 0) is 6.18 Å². The van der Waals surface area contributed by atoms with Gasteiger partial charge in [0.05, 0.1) is 5.56 Å². The summed E-state index contributed by atoms with van der Waals surface area (Å²) < 4.78 is 38.4. The minimum absolute atomic E-state index is 0.0858. The Bertz CT molecular complexity index is 832. The number of nitrogens with one attached hydrogen (secondary N) is 1. The van der Waals surface area contributed by atoms with Gasteiger partial charge >= 0.3 is 12.2 Å². The molecule has 0 saturated carbocycles. The largest absolute Gasteiger partial charge is 0.416 e. The number of hydrogen-bond donors (Lipinski definition) is 1. The normalized spacial score (nSPS) is 17.4. The number of carbonyl (C=O) groups excluding carboxylic acids is 1. The van der Waals surface area contributed by atoms with Gasteiger partial charge in [-0.25, -0.2) is 4.79 Å². The molecule has 1 N–H and O–H groups in total. The molecule has 1 heterocycles. The topological polar surface area (TPSA) is 32.3 Å². The van der Waals surface area contributed by atoms with E-state index >= 15 is 0 Å². The SMILES string of the molecule is O=C(Nc1cccc(C(F)(F)F)c1)N1CCSC1c1ccc(Cl)cc1Cl. The lowest BCUT2D eigenvalue weighted by molar-refractivity contribution is -0.137. The standard InChI is InChI=1S/C17H13Cl2F3N2OS/c18-11-4-5-13(14(19)9-11)15-24(6-7-26-15)16(25)23-12-3-1-2-10(8-12)17(20,21)22/h1-5,8-9,15H,6-7H2,(H,23,25). The molecule has 0 aromatic heterocycles. The molecule has 1 aliphatic rings. The summed E-state index contributed by atoms with van der Waals surface area (Å²) in [4.78, 5) is 14.1. The van der Waals surface area contributed by atoms with Crippen LogP contribution in [0.15, 0.2) is 42.5 Å². The van der Waals surface area contributed by atoms with Gasteiger partial charge in [-0.1, -0.05) is 35.3 Å². The fraction of sp³-hybridized carbons (Fsp3) is 0.235. The molecule has 1 fully saturated rings. The fourth-order valence-electron chi connectivity index (χ4n) is 2.61. The van der Waals surface area contributed by atoms with Gasteiger partial charge in [0, 0.05) is 33.6 Å². The highest BCUT2D eigenvalue weighted by atomic mass is 35.5. The van der Waals surface area contributed by atoms with Gasteiger partial charge in [-0.2, -0.15) is 13.2 Å². The molecule has 2 aromatic rings. The van der Waals surface area contributed by atoms with E-state index in [1.165, 1.54) is 23.9 Å². The number of benzene rings is 2. The van der Waals surface area contributed by atoms with Gasteiger partial charge in [0.1, 0.15) is 5.37 Å². The van der Waals surface area contributed by atoms with Crippen molar-refractivity contribution in [3.8, 4) is 0 Å². The lowest BCUT2D eigenvalue weighted by Crippen LogP contribution is -2.34. The minimum atomic E-state index is -4.47. The van der Waals surface area contributed by atoms with Crippen molar-refractivity contribution >= 4 is 46.7 Å². The number of halogens is 5. The van der Waals surface area contributed by atoms with Crippen molar-refractivity contribution in [3.63, 3.8) is 0 Å². The Labute approximate surface area is 162 Å². The highest BCUT2D eigenvalue weighted by Crippen LogP contribution is 2.42. The van der Waals surface area contributed by atoms with E-state index < -0.39 is 17.8 Å². The van der Waals surface area contributed by atoms with Gasteiger partial charge in [0.15, 0.2) is 0 Å². The Kier molecular flexibility index (Phi) is 5.60. The molecule has 1 aliphatic heterocycles. The first-order valence-corrected chi connectivity index (χ1v) is 9.37. The molecule has 1 saturated heterocycles. The van der Waals surface area contributed by atoms with Crippen molar-refractivity contribution in [1.29, 1.82) is 0 Å². The Balaban J connectivity index is 1.79. The number of amides is 2. The summed E-state index contributed by atoms with van der Waals surface area (Å²) in [6.45, 7) is 0.457. The van der Waals surface area contributed by atoms with E-state index in [9.17, 15) is 18.0 Å². The first-order chi connectivity index (χ1) is 12.3. The number of rotatable bonds is 2. The molecule has 138 valence electrons. The number of thioether (sulfide) groups is 1. The number of anilines is 1. The van der Waals surface area contributed by atoms with Crippen LogP contribution in [0.5, 0.6) is 0 Å². The van der Waals surface area contributed by atoms with Crippen molar-refractivity contribution in [2.24, 2.45) is 0 Å². The molecular formula is C17H13Cl2F3N2OS. The van der Waals surface area contributed by atoms with E-state index in [-0.39, 0.29) is 11.1 Å². The number of urea groups is 1. The maximum Gasteiger partial charge on any atom is 0.416 e. The van der Waals surface area contributed by atoms with Crippen LogP contribution in [0.25, 0.3) is 0 Å². The average molecular weight is 421 g/mol. The van der Waals surface area contributed by atoms with Crippen molar-refractivity contribution in [2.45, 2.75) is 11.6 Å². The minimum Gasteiger partial charge on any atom is -0.308 e. The predicted octanol–water partition coefficient (Wildman–Crippen LogP) is 6.29. The lowest BCUT2D eigenvalue weighted by Gasteiger charge is -2.25. The molecule has 1 unspecified atom stereocenters. The predicted molar refractivity (Wildman–Crippen MR) is 98.8 cm³/mol. The van der Waals surface area contributed by atoms with Gasteiger partial charge < -0.3 is 10.2 Å². The van der Waals surface area contributed by atoms with E-state index in [1.807, 2.05) is 0 Å². The van der Waals surface area contributed by atoms with Crippen molar-refractivity contribution in [2.75, 3.05) is 17.6 Å². The number of hydrogen-bond acceptors (Lipinski definition) is 2. The zero-order valence-corrected chi connectivity index (χ0v) is 15.5. The third-order valence-corrected chi connectivity index (χ3v) is 5.63. The van der Waals surface area contributed by atoms with E-state index in [0.29, 0.717) is 22.3 Å². The average Bonchev–Trinajstić information content (AvgIpc) is 3.04. The van der Waals surface area contributed by atoms with Crippen molar-refractivity contribution in [3.05, 3.63) is 63.6 Å². The van der Waals surface area contributed by atoms with Gasteiger partial charge in [-0.15, -0.1) is 11.8 Å². The molecule has 9 heteroatoms. The summed E-state index contributed by atoms with van der Waals surface area (Å²) in [5, 5.41) is 3.13. The lowest BCUT2D eigenvalue weighted by atomic mass is 10.2. The van der Waals surface area contributed by atoms with Crippen molar-refractivity contribution < 1.29 is 18.0 Å². The second kappa shape index (κ2) is 7.58. The maximum absolute atomic E-state index is 12.8. The van der Waals surface area contributed by atoms with E-state index in [4.69, 9.17) is 23.2 Å². The summed E-state index contributed by atoms with van der Waals surface area (Å²) >= 11 is 13.7. The van der Waals surface area contributed by atoms with Gasteiger partial charge in [-0.05, 0) is 30.3 Å².